The predicted molar refractivity (Wildman–Crippen MR) is 91.4 cm³/mol. The number of nitrogens with one attached hydrogen (secondary N) is 1. The van der Waals surface area contributed by atoms with Crippen molar-refractivity contribution in [3.63, 3.8) is 0 Å². The first-order chi connectivity index (χ1) is 11.7. The first-order valence-electron chi connectivity index (χ1n) is 8.56. The van der Waals surface area contributed by atoms with E-state index in [1.807, 2.05) is 12.1 Å². The Hall–Kier alpha value is -2.40. The average molecular weight is 323 g/mol. The molecule has 0 spiro atoms. The number of hydrogen-bond donors (Lipinski definition) is 1. The number of quaternary nitrogens is 1. The third kappa shape index (κ3) is 2.87. The second-order valence-corrected chi connectivity index (χ2v) is 6.70. The molecular weight excluding hydrogens is 300 g/mol. The van der Waals surface area contributed by atoms with Crippen molar-refractivity contribution in [3.8, 4) is 11.4 Å². The molecule has 1 aliphatic rings. The van der Waals surface area contributed by atoms with Crippen molar-refractivity contribution in [1.82, 2.24) is 14.7 Å². The van der Waals surface area contributed by atoms with Gasteiger partial charge in [-0.1, -0.05) is 35.0 Å². The minimum Gasteiger partial charge on any atom is -0.350 e. The number of aromatic nitrogens is 3. The smallest absolute Gasteiger partial charge is 0.282 e. The molecule has 2 aromatic heterocycles. The van der Waals surface area contributed by atoms with Crippen LogP contribution in [0.1, 0.15) is 36.0 Å². The zero-order valence-electron chi connectivity index (χ0n) is 14.2. The van der Waals surface area contributed by atoms with Crippen LogP contribution in [-0.2, 0) is 13.6 Å². The first-order valence-corrected chi connectivity index (χ1v) is 8.56. The summed E-state index contributed by atoms with van der Waals surface area (Å²) in [7, 11) is 2.12. The van der Waals surface area contributed by atoms with Crippen LogP contribution < -0.4 is 4.90 Å². The van der Waals surface area contributed by atoms with Crippen LogP contribution in [0.4, 0.5) is 0 Å². The third-order valence-electron chi connectivity index (χ3n) is 4.98. The predicted octanol–water partition coefficient (Wildman–Crippen LogP) is 2.30. The largest absolute Gasteiger partial charge is 0.350 e. The van der Waals surface area contributed by atoms with Gasteiger partial charge in [-0.2, -0.15) is 4.98 Å². The monoisotopic (exact) mass is 323 g/mol. The van der Waals surface area contributed by atoms with E-state index in [0.29, 0.717) is 11.9 Å². The summed E-state index contributed by atoms with van der Waals surface area (Å²) in [5.74, 6) is 1.40. The maximum atomic E-state index is 5.52. The van der Waals surface area contributed by atoms with Gasteiger partial charge in [0.1, 0.15) is 6.04 Å². The maximum Gasteiger partial charge on any atom is 0.282 e. The minimum absolute atomic E-state index is 0.514. The van der Waals surface area contributed by atoms with Gasteiger partial charge in [0.25, 0.3) is 5.89 Å². The second-order valence-electron chi connectivity index (χ2n) is 6.70. The molecule has 5 heteroatoms. The van der Waals surface area contributed by atoms with Gasteiger partial charge in [-0.15, -0.1) is 0 Å². The molecular formula is C19H23N4O+. The van der Waals surface area contributed by atoms with Gasteiger partial charge in [-0.05, 0) is 19.1 Å². The van der Waals surface area contributed by atoms with Gasteiger partial charge in [-0.3, -0.25) is 0 Å². The van der Waals surface area contributed by atoms with Crippen molar-refractivity contribution in [2.75, 3.05) is 6.54 Å². The van der Waals surface area contributed by atoms with Crippen LogP contribution in [0, 0.1) is 6.92 Å². The van der Waals surface area contributed by atoms with E-state index in [9.17, 15) is 0 Å². The lowest BCUT2D eigenvalue weighted by Gasteiger charge is -2.20. The van der Waals surface area contributed by atoms with Crippen LogP contribution in [0.3, 0.4) is 0 Å². The summed E-state index contributed by atoms with van der Waals surface area (Å²) < 4.78 is 7.74. The van der Waals surface area contributed by atoms with E-state index in [2.05, 4.69) is 59.1 Å². The van der Waals surface area contributed by atoms with Gasteiger partial charge in [0, 0.05) is 31.6 Å². The number of benzene rings is 1. The van der Waals surface area contributed by atoms with E-state index in [-0.39, 0.29) is 0 Å². The molecule has 1 unspecified atom stereocenters. The summed E-state index contributed by atoms with van der Waals surface area (Å²) in [5.41, 5.74) is 3.63. The molecule has 0 radical (unpaired) electrons. The zero-order valence-corrected chi connectivity index (χ0v) is 14.2. The molecule has 0 saturated carbocycles. The van der Waals surface area contributed by atoms with Gasteiger partial charge in [0.15, 0.2) is 6.54 Å². The fourth-order valence-corrected chi connectivity index (χ4v) is 3.66. The lowest BCUT2D eigenvalue weighted by molar-refractivity contribution is -0.933. The van der Waals surface area contributed by atoms with E-state index < -0.39 is 0 Å². The van der Waals surface area contributed by atoms with E-state index in [0.717, 1.165) is 24.5 Å². The Morgan fingerprint density at radius 3 is 2.83 bits per heavy atom. The lowest BCUT2D eigenvalue weighted by atomic mass is 10.1. The molecule has 0 aliphatic carbocycles. The van der Waals surface area contributed by atoms with Gasteiger partial charge < -0.3 is 14.0 Å². The zero-order chi connectivity index (χ0) is 16.5. The quantitative estimate of drug-likeness (QED) is 0.801. The Labute approximate surface area is 141 Å². The number of rotatable bonds is 4. The van der Waals surface area contributed by atoms with Gasteiger partial charge in [-0.25, -0.2) is 0 Å². The van der Waals surface area contributed by atoms with Crippen molar-refractivity contribution in [1.29, 1.82) is 0 Å². The van der Waals surface area contributed by atoms with Crippen LogP contribution in [0.2, 0.25) is 0 Å². The van der Waals surface area contributed by atoms with Crippen LogP contribution in [0.5, 0.6) is 0 Å². The fourth-order valence-electron chi connectivity index (χ4n) is 3.66. The van der Waals surface area contributed by atoms with Gasteiger partial charge >= 0.3 is 0 Å². The van der Waals surface area contributed by atoms with Crippen molar-refractivity contribution in [2.24, 2.45) is 7.05 Å². The fraction of sp³-hybridized carbons (Fsp3) is 0.368. The number of hydrogen-bond acceptors (Lipinski definition) is 3. The molecule has 1 N–H and O–H groups in total. The molecule has 3 heterocycles. The molecule has 0 amide bonds. The van der Waals surface area contributed by atoms with E-state index >= 15 is 0 Å². The standard InChI is InChI=1S/C19H22N4O/c1-14-7-9-15(10-8-14)19-20-18(24-21-19)13-23-12-4-6-17(23)16-5-3-11-22(16)2/h3,5,7-11,17H,4,6,12-13H2,1-2H3/p+1/t17-/m0/s1. The Morgan fingerprint density at radius 1 is 1.25 bits per heavy atom. The maximum absolute atomic E-state index is 5.52. The molecule has 24 heavy (non-hydrogen) atoms. The molecule has 1 saturated heterocycles. The highest BCUT2D eigenvalue weighted by Gasteiger charge is 2.32. The highest BCUT2D eigenvalue weighted by Crippen LogP contribution is 2.20. The van der Waals surface area contributed by atoms with E-state index in [1.165, 1.54) is 29.0 Å². The summed E-state index contributed by atoms with van der Waals surface area (Å²) >= 11 is 0. The van der Waals surface area contributed by atoms with E-state index in [4.69, 9.17) is 4.52 Å². The molecule has 3 aromatic rings. The second kappa shape index (κ2) is 6.24. The van der Waals surface area contributed by atoms with Crippen LogP contribution in [-0.4, -0.2) is 21.3 Å². The Bertz CT molecular complexity index is 818. The molecule has 1 aliphatic heterocycles. The van der Waals surface area contributed by atoms with Crippen LogP contribution in [0.25, 0.3) is 11.4 Å². The molecule has 1 fully saturated rings. The van der Waals surface area contributed by atoms with E-state index in [1.54, 1.807) is 0 Å². The Kier molecular flexibility index (Phi) is 3.94. The van der Waals surface area contributed by atoms with Crippen LogP contribution >= 0.6 is 0 Å². The van der Waals surface area contributed by atoms with Gasteiger partial charge in [0.2, 0.25) is 5.82 Å². The highest BCUT2D eigenvalue weighted by atomic mass is 16.5. The average Bonchev–Trinajstić information content (AvgIpc) is 3.30. The SMILES string of the molecule is Cc1ccc(-c2noc(C[NH+]3CCC[C@H]3c3cccn3C)n2)cc1. The molecule has 0 bridgehead atoms. The topological polar surface area (TPSA) is 48.3 Å². The Morgan fingerprint density at radius 2 is 2.08 bits per heavy atom. The lowest BCUT2D eigenvalue weighted by Crippen LogP contribution is -3.09. The molecule has 1 aromatic carbocycles. The van der Waals surface area contributed by atoms with Crippen molar-refractivity contribution in [3.05, 3.63) is 59.7 Å². The summed E-state index contributed by atoms with van der Waals surface area (Å²) in [6, 6.07) is 13.1. The highest BCUT2D eigenvalue weighted by molar-refractivity contribution is 5.54. The molecule has 2 atom stereocenters. The minimum atomic E-state index is 0.514. The molecule has 124 valence electrons. The molecule has 4 rings (SSSR count). The number of likely N-dealkylation sites (tertiary alicyclic amines) is 1. The van der Waals surface area contributed by atoms with Gasteiger partial charge in [0.05, 0.1) is 12.2 Å². The normalized spacial score (nSPS) is 20.6. The Balaban J connectivity index is 1.51. The van der Waals surface area contributed by atoms with Crippen molar-refractivity contribution >= 4 is 0 Å². The number of nitrogens with zero attached hydrogens (tertiary/aromatic N) is 3. The van der Waals surface area contributed by atoms with Crippen LogP contribution in [0.15, 0.2) is 47.1 Å². The summed E-state index contributed by atoms with van der Waals surface area (Å²) in [4.78, 5) is 6.12. The number of aryl methyl sites for hydroxylation is 2. The van der Waals surface area contributed by atoms with Crippen molar-refractivity contribution < 1.29 is 9.42 Å². The summed E-state index contributed by atoms with van der Waals surface area (Å²) in [6.45, 7) is 4.01. The first kappa shape index (κ1) is 15.1. The van der Waals surface area contributed by atoms with Crippen molar-refractivity contribution in [2.45, 2.75) is 32.4 Å². The summed E-state index contributed by atoms with van der Waals surface area (Å²) in [6.07, 6.45) is 4.57. The third-order valence-corrected chi connectivity index (χ3v) is 4.98. The summed E-state index contributed by atoms with van der Waals surface area (Å²) in [5, 5.41) is 4.16. The molecule has 5 nitrogen and oxygen atoms in total.